The molecule has 1 aliphatic heterocycles. The van der Waals surface area contributed by atoms with Crippen molar-refractivity contribution < 1.29 is 4.79 Å². The molecule has 0 fully saturated rings. The first-order valence-electron chi connectivity index (χ1n) is 10.3. The third-order valence-electron chi connectivity index (χ3n) is 5.37. The quantitative estimate of drug-likeness (QED) is 0.467. The maximum absolute atomic E-state index is 13.5. The zero-order chi connectivity index (χ0) is 22.8. The summed E-state index contributed by atoms with van der Waals surface area (Å²) in [6.07, 6.45) is 3.76. The molecule has 7 nitrogen and oxygen atoms in total. The summed E-state index contributed by atoms with van der Waals surface area (Å²) in [5.74, 6) is -0.223. The molecule has 0 aliphatic carbocycles. The Balaban J connectivity index is 1.66. The van der Waals surface area contributed by atoms with Crippen LogP contribution < -0.4 is 10.6 Å². The first-order chi connectivity index (χ1) is 16.1. The van der Waals surface area contributed by atoms with Crippen LogP contribution in [0, 0.1) is 11.3 Å². The van der Waals surface area contributed by atoms with Crippen LogP contribution in [0.1, 0.15) is 16.8 Å². The first-order valence-corrected chi connectivity index (χ1v) is 10.3. The SMILES string of the molecule is N#Cc1ccc(/C=C/c2cc3ccccc3c(=O)n2-c2cccc(N3N=NCC3=O)c2)cc1. The third kappa shape index (κ3) is 3.82. The number of hydrogen-bond donors (Lipinski definition) is 0. The van der Waals surface area contributed by atoms with Crippen molar-refractivity contribution in [2.45, 2.75) is 0 Å². The number of pyridine rings is 1. The van der Waals surface area contributed by atoms with Crippen molar-refractivity contribution in [1.82, 2.24) is 4.57 Å². The van der Waals surface area contributed by atoms with E-state index in [9.17, 15) is 9.59 Å². The molecule has 7 heteroatoms. The fourth-order valence-electron chi connectivity index (χ4n) is 3.75. The van der Waals surface area contributed by atoms with Gasteiger partial charge in [-0.25, -0.2) is 0 Å². The van der Waals surface area contributed by atoms with Crippen LogP contribution >= 0.6 is 0 Å². The van der Waals surface area contributed by atoms with E-state index in [0.29, 0.717) is 28.0 Å². The van der Waals surface area contributed by atoms with Crippen LogP contribution in [0.15, 0.2) is 94.0 Å². The van der Waals surface area contributed by atoms with Gasteiger partial charge in [0.25, 0.3) is 11.5 Å². The molecule has 4 aromatic rings. The minimum Gasteiger partial charge on any atom is -0.277 e. The van der Waals surface area contributed by atoms with Crippen LogP contribution in [-0.4, -0.2) is 17.0 Å². The molecule has 33 heavy (non-hydrogen) atoms. The lowest BCUT2D eigenvalue weighted by Crippen LogP contribution is -2.23. The molecule has 0 saturated carbocycles. The molecule has 0 spiro atoms. The second kappa shape index (κ2) is 8.36. The maximum atomic E-state index is 13.5. The van der Waals surface area contributed by atoms with Gasteiger partial charge in [0, 0.05) is 11.1 Å². The monoisotopic (exact) mass is 431 g/mol. The number of carbonyl (C=O) groups excluding carboxylic acids is 1. The number of amides is 1. The van der Waals surface area contributed by atoms with E-state index in [1.165, 1.54) is 5.01 Å². The number of benzene rings is 3. The number of fused-ring (bicyclic) bond motifs is 1. The van der Waals surface area contributed by atoms with E-state index in [1.807, 2.05) is 54.6 Å². The summed E-state index contributed by atoms with van der Waals surface area (Å²) in [5, 5.41) is 19.3. The number of carbonyl (C=O) groups is 1. The molecule has 0 radical (unpaired) electrons. The Morgan fingerprint density at radius 2 is 1.67 bits per heavy atom. The van der Waals surface area contributed by atoms with Gasteiger partial charge >= 0.3 is 0 Å². The fraction of sp³-hybridized carbons (Fsp3) is 0.0385. The number of rotatable bonds is 4. The van der Waals surface area contributed by atoms with Crippen LogP contribution in [0.5, 0.6) is 0 Å². The molecule has 1 aromatic heterocycles. The van der Waals surface area contributed by atoms with Crippen LogP contribution in [0.4, 0.5) is 5.69 Å². The summed E-state index contributed by atoms with van der Waals surface area (Å²) in [5.41, 5.74) is 3.14. The van der Waals surface area contributed by atoms with E-state index in [1.54, 1.807) is 41.0 Å². The minimum absolute atomic E-state index is 0.0126. The molecule has 0 saturated heterocycles. The predicted octanol–water partition coefficient (Wildman–Crippen LogP) is 4.75. The highest BCUT2D eigenvalue weighted by atomic mass is 16.2. The highest BCUT2D eigenvalue weighted by Crippen LogP contribution is 2.24. The number of aromatic nitrogens is 1. The van der Waals surface area contributed by atoms with Gasteiger partial charge in [0.05, 0.1) is 23.0 Å². The van der Waals surface area contributed by atoms with Crippen molar-refractivity contribution >= 4 is 34.5 Å². The van der Waals surface area contributed by atoms with E-state index in [4.69, 9.17) is 5.26 Å². The number of hydrogen-bond acceptors (Lipinski definition) is 5. The molecule has 2 heterocycles. The molecule has 5 rings (SSSR count). The molecular formula is C26H17N5O2. The average Bonchev–Trinajstić information content (AvgIpc) is 3.29. The summed E-state index contributed by atoms with van der Waals surface area (Å²) in [6, 6.07) is 25.8. The molecule has 3 aromatic carbocycles. The smallest absolute Gasteiger partial charge is 0.272 e. The highest BCUT2D eigenvalue weighted by molar-refractivity contribution is 5.95. The van der Waals surface area contributed by atoms with E-state index >= 15 is 0 Å². The van der Waals surface area contributed by atoms with E-state index in [0.717, 1.165) is 10.9 Å². The van der Waals surface area contributed by atoms with Crippen LogP contribution in [0.25, 0.3) is 28.6 Å². The van der Waals surface area contributed by atoms with Crippen molar-refractivity contribution in [3.8, 4) is 11.8 Å². The summed E-state index contributed by atoms with van der Waals surface area (Å²) in [4.78, 5) is 25.6. The average molecular weight is 431 g/mol. The van der Waals surface area contributed by atoms with Gasteiger partial charge in [-0.1, -0.05) is 47.7 Å². The molecular weight excluding hydrogens is 414 g/mol. The van der Waals surface area contributed by atoms with Gasteiger partial charge in [0.2, 0.25) is 0 Å². The Labute approximate surface area is 189 Å². The van der Waals surface area contributed by atoms with E-state index in [-0.39, 0.29) is 18.0 Å². The summed E-state index contributed by atoms with van der Waals surface area (Å²) in [7, 11) is 0. The van der Waals surface area contributed by atoms with Crippen LogP contribution in [0.2, 0.25) is 0 Å². The lowest BCUT2D eigenvalue weighted by molar-refractivity contribution is -0.116. The van der Waals surface area contributed by atoms with Gasteiger partial charge in [-0.2, -0.15) is 15.4 Å². The summed E-state index contributed by atoms with van der Waals surface area (Å²) in [6.45, 7) is 0.0126. The molecule has 0 unspecified atom stereocenters. The van der Waals surface area contributed by atoms with E-state index in [2.05, 4.69) is 16.4 Å². The Kier molecular flexibility index (Phi) is 5.09. The van der Waals surface area contributed by atoms with Gasteiger partial charge < -0.3 is 0 Å². The largest absolute Gasteiger partial charge is 0.277 e. The summed E-state index contributed by atoms with van der Waals surface area (Å²) >= 11 is 0. The highest BCUT2D eigenvalue weighted by Gasteiger charge is 2.21. The normalized spacial score (nSPS) is 13.2. The number of nitrogens with zero attached hydrogens (tertiary/aromatic N) is 5. The number of anilines is 1. The Bertz CT molecular complexity index is 1540. The fourth-order valence-corrected chi connectivity index (χ4v) is 3.75. The molecule has 1 amide bonds. The molecule has 1 aliphatic rings. The minimum atomic E-state index is -0.223. The third-order valence-corrected chi connectivity index (χ3v) is 5.37. The second-order valence-electron chi connectivity index (χ2n) is 7.48. The number of nitriles is 1. The topological polar surface area (TPSA) is 90.8 Å². The standard InChI is InChI=1S/C26H17N5O2/c27-16-19-10-8-18(9-11-19)12-13-22-14-20-4-1-2-7-24(20)26(33)30(22)21-5-3-6-23(15-21)31-25(32)17-28-29-31/h1-15H,17H2/b13-12+. The van der Waals surface area contributed by atoms with Gasteiger partial charge in [-0.3, -0.25) is 14.2 Å². The Morgan fingerprint density at radius 3 is 2.42 bits per heavy atom. The lowest BCUT2D eigenvalue weighted by Gasteiger charge is -2.15. The molecule has 0 atom stereocenters. The van der Waals surface area contributed by atoms with Gasteiger partial charge in [0.1, 0.15) is 6.54 Å². The maximum Gasteiger partial charge on any atom is 0.272 e. The van der Waals surface area contributed by atoms with Gasteiger partial charge in [-0.15, -0.1) is 0 Å². The second-order valence-corrected chi connectivity index (χ2v) is 7.48. The lowest BCUT2D eigenvalue weighted by atomic mass is 10.1. The molecule has 158 valence electrons. The zero-order valence-electron chi connectivity index (χ0n) is 17.4. The van der Waals surface area contributed by atoms with Crippen molar-refractivity contribution in [3.05, 3.63) is 106 Å². The van der Waals surface area contributed by atoms with Crippen molar-refractivity contribution in [2.75, 3.05) is 11.6 Å². The van der Waals surface area contributed by atoms with Crippen molar-refractivity contribution in [2.24, 2.45) is 10.3 Å². The molecule has 0 bridgehead atoms. The molecule has 0 N–H and O–H groups in total. The first kappa shape index (κ1) is 20.1. The van der Waals surface area contributed by atoms with Crippen molar-refractivity contribution in [1.29, 1.82) is 5.26 Å². The summed E-state index contributed by atoms with van der Waals surface area (Å²) < 4.78 is 1.61. The van der Waals surface area contributed by atoms with Crippen molar-refractivity contribution in [3.63, 3.8) is 0 Å². The van der Waals surface area contributed by atoms with Gasteiger partial charge in [-0.05, 0) is 59.5 Å². The zero-order valence-corrected chi connectivity index (χ0v) is 17.4. The van der Waals surface area contributed by atoms with Gasteiger partial charge in [0.15, 0.2) is 0 Å². The predicted molar refractivity (Wildman–Crippen MR) is 127 cm³/mol. The Morgan fingerprint density at radius 1 is 0.879 bits per heavy atom. The van der Waals surface area contributed by atoms with Crippen LogP contribution in [-0.2, 0) is 4.79 Å². The van der Waals surface area contributed by atoms with Crippen LogP contribution in [0.3, 0.4) is 0 Å². The Hall–Kier alpha value is -4.83. The van der Waals surface area contributed by atoms with E-state index < -0.39 is 0 Å².